The number of amides is 2. The molecule has 0 saturated heterocycles. The maximum absolute atomic E-state index is 13.7. The van der Waals surface area contributed by atoms with Crippen molar-refractivity contribution in [1.82, 2.24) is 9.80 Å². The summed E-state index contributed by atoms with van der Waals surface area (Å²) in [6.45, 7) is 2.86. The van der Waals surface area contributed by atoms with Crippen LogP contribution in [0.25, 0.3) is 0 Å². The number of carbonyl (C=O) groups is 2. The molecule has 1 unspecified atom stereocenters. The Morgan fingerprint density at radius 1 is 1.09 bits per heavy atom. The van der Waals surface area contributed by atoms with Gasteiger partial charge in [-0.1, -0.05) is 42.0 Å². The number of benzene rings is 2. The predicted molar refractivity (Wildman–Crippen MR) is 131 cm³/mol. The summed E-state index contributed by atoms with van der Waals surface area (Å²) in [4.78, 5) is 32.1. The number of hydrogen-bond donors (Lipinski definition) is 0. The molecule has 0 radical (unpaired) electrons. The van der Waals surface area contributed by atoms with Crippen LogP contribution in [0.3, 0.4) is 0 Å². The second-order valence-electron chi connectivity index (χ2n) is 8.59. The molecule has 0 spiro atoms. The lowest BCUT2D eigenvalue weighted by molar-refractivity contribution is -0.134. The van der Waals surface area contributed by atoms with Gasteiger partial charge in [0.2, 0.25) is 5.91 Å². The Morgan fingerprint density at radius 2 is 1.84 bits per heavy atom. The monoisotopic (exact) mass is 508 g/mol. The third kappa shape index (κ3) is 4.14. The second kappa shape index (κ2) is 8.83. The van der Waals surface area contributed by atoms with Crippen LogP contribution in [-0.4, -0.2) is 40.7 Å². The molecule has 1 fully saturated rings. The molecular weight excluding hydrogens is 484 g/mol. The van der Waals surface area contributed by atoms with Gasteiger partial charge >= 0.3 is 0 Å². The van der Waals surface area contributed by atoms with E-state index in [0.717, 1.165) is 29.3 Å². The number of rotatable bonds is 5. The summed E-state index contributed by atoms with van der Waals surface area (Å²) in [5.41, 5.74) is 4.15. The highest BCUT2D eigenvalue weighted by molar-refractivity contribution is 9.10. The third-order valence-corrected chi connectivity index (χ3v) is 8.03. The van der Waals surface area contributed by atoms with E-state index in [4.69, 9.17) is 0 Å². The van der Waals surface area contributed by atoms with Crippen LogP contribution in [0, 0.1) is 6.92 Å². The van der Waals surface area contributed by atoms with E-state index in [-0.39, 0.29) is 30.4 Å². The van der Waals surface area contributed by atoms with E-state index < -0.39 is 0 Å². The van der Waals surface area contributed by atoms with Crippen LogP contribution < -0.4 is 0 Å². The molecule has 32 heavy (non-hydrogen) atoms. The molecule has 1 saturated carbocycles. The fourth-order valence-corrected chi connectivity index (χ4v) is 5.83. The molecule has 4 nitrogen and oxygen atoms in total. The maximum atomic E-state index is 13.7. The first-order valence-corrected chi connectivity index (χ1v) is 12.7. The summed E-state index contributed by atoms with van der Waals surface area (Å²) < 4.78 is 0.765. The predicted octanol–water partition coefficient (Wildman–Crippen LogP) is 5.60. The largest absolute Gasteiger partial charge is 0.330 e. The summed E-state index contributed by atoms with van der Waals surface area (Å²) in [6, 6.07) is 18.1. The molecule has 0 bridgehead atoms. The minimum Gasteiger partial charge on any atom is -0.330 e. The van der Waals surface area contributed by atoms with E-state index >= 15 is 0 Å². The van der Waals surface area contributed by atoms with Crippen LogP contribution in [0.4, 0.5) is 0 Å². The summed E-state index contributed by atoms with van der Waals surface area (Å²) >= 11 is 5.26. The van der Waals surface area contributed by atoms with Crippen LogP contribution in [-0.2, 0) is 11.2 Å². The van der Waals surface area contributed by atoms with Gasteiger partial charge in [-0.05, 0) is 76.8 Å². The van der Waals surface area contributed by atoms with E-state index in [1.807, 2.05) is 29.2 Å². The highest BCUT2D eigenvalue weighted by Crippen LogP contribution is 2.38. The summed E-state index contributed by atoms with van der Waals surface area (Å²) in [6.07, 6.45) is 2.78. The molecule has 1 aromatic heterocycles. The number of hydrogen-bond acceptors (Lipinski definition) is 3. The molecule has 1 aliphatic heterocycles. The highest BCUT2D eigenvalue weighted by Gasteiger charge is 2.38. The number of carbonyl (C=O) groups excluding carboxylic acids is 2. The summed E-state index contributed by atoms with van der Waals surface area (Å²) in [5, 5.41) is 2.12. The van der Waals surface area contributed by atoms with E-state index in [1.165, 1.54) is 16.0 Å². The molecule has 5 rings (SSSR count). The van der Waals surface area contributed by atoms with Crippen molar-refractivity contribution in [2.75, 3.05) is 13.1 Å². The first-order valence-electron chi connectivity index (χ1n) is 11.0. The van der Waals surface area contributed by atoms with Gasteiger partial charge in [0.25, 0.3) is 5.91 Å². The quantitative estimate of drug-likeness (QED) is 0.450. The number of aryl methyl sites for hydroxylation is 1. The Labute approximate surface area is 201 Å². The molecule has 2 amide bonds. The van der Waals surface area contributed by atoms with Gasteiger partial charge < -0.3 is 9.80 Å². The normalized spacial score (nSPS) is 17.7. The first-order chi connectivity index (χ1) is 15.5. The van der Waals surface area contributed by atoms with E-state index in [9.17, 15) is 9.59 Å². The fraction of sp³-hybridized carbons (Fsp3) is 0.308. The molecule has 2 aliphatic rings. The molecule has 164 valence electrons. The maximum Gasteiger partial charge on any atom is 0.255 e. The molecule has 6 heteroatoms. The van der Waals surface area contributed by atoms with Crippen molar-refractivity contribution < 1.29 is 9.59 Å². The summed E-state index contributed by atoms with van der Waals surface area (Å²) in [5.74, 6) is -0.0619. The Morgan fingerprint density at radius 3 is 2.56 bits per heavy atom. The van der Waals surface area contributed by atoms with Gasteiger partial charge in [0.05, 0.1) is 11.6 Å². The minimum absolute atomic E-state index is 0.0136. The van der Waals surface area contributed by atoms with Gasteiger partial charge in [0, 0.05) is 21.9 Å². The topological polar surface area (TPSA) is 40.6 Å². The van der Waals surface area contributed by atoms with Gasteiger partial charge in [0.1, 0.15) is 6.54 Å². The van der Waals surface area contributed by atoms with E-state index in [2.05, 4.69) is 58.6 Å². The van der Waals surface area contributed by atoms with Gasteiger partial charge in [-0.3, -0.25) is 9.59 Å². The lowest BCUT2D eigenvalue weighted by Gasteiger charge is -2.37. The zero-order chi connectivity index (χ0) is 22.2. The third-order valence-electron chi connectivity index (χ3n) is 6.34. The Balaban J connectivity index is 1.43. The lowest BCUT2D eigenvalue weighted by atomic mass is 9.92. The Bertz CT molecular complexity index is 1150. The molecule has 3 aromatic rings. The van der Waals surface area contributed by atoms with Crippen molar-refractivity contribution in [3.63, 3.8) is 0 Å². The molecule has 2 aromatic carbocycles. The van der Waals surface area contributed by atoms with Gasteiger partial charge in [-0.15, -0.1) is 11.3 Å². The van der Waals surface area contributed by atoms with Gasteiger partial charge in [-0.2, -0.15) is 0 Å². The number of halogens is 1. The van der Waals surface area contributed by atoms with Crippen LogP contribution in [0.2, 0.25) is 0 Å². The fourth-order valence-electron chi connectivity index (χ4n) is 4.47. The van der Waals surface area contributed by atoms with Crippen molar-refractivity contribution in [1.29, 1.82) is 0 Å². The molecule has 0 N–H and O–H groups in total. The van der Waals surface area contributed by atoms with Crippen LogP contribution in [0.5, 0.6) is 0 Å². The van der Waals surface area contributed by atoms with E-state index in [0.29, 0.717) is 12.1 Å². The van der Waals surface area contributed by atoms with Gasteiger partial charge in [-0.25, -0.2) is 0 Å². The first kappa shape index (κ1) is 21.4. The second-order valence-corrected chi connectivity index (χ2v) is 10.4. The van der Waals surface area contributed by atoms with E-state index in [1.54, 1.807) is 16.2 Å². The number of fused-ring (bicyclic) bond motifs is 1. The standard InChI is InChI=1S/C26H25BrN2O2S/c1-17-6-8-18(9-7-17)25-21-13-15-32-23(21)12-14-28(25)24(30)16-29(19-10-11-19)26(31)20-4-2-3-5-22(20)27/h2-9,13,15,19,25H,10-12,14,16H2,1H3. The van der Waals surface area contributed by atoms with Crippen LogP contribution in [0.15, 0.2) is 64.5 Å². The van der Waals surface area contributed by atoms with Crippen molar-refractivity contribution >= 4 is 39.1 Å². The minimum atomic E-state index is -0.0993. The lowest BCUT2D eigenvalue weighted by Crippen LogP contribution is -2.47. The van der Waals surface area contributed by atoms with Crippen molar-refractivity contribution in [2.45, 2.75) is 38.3 Å². The zero-order valence-electron chi connectivity index (χ0n) is 18.0. The molecule has 1 atom stereocenters. The van der Waals surface area contributed by atoms with Crippen LogP contribution >= 0.6 is 27.3 Å². The zero-order valence-corrected chi connectivity index (χ0v) is 20.4. The average Bonchev–Trinajstić information content (AvgIpc) is 3.53. The smallest absolute Gasteiger partial charge is 0.255 e. The Kier molecular flexibility index (Phi) is 5.91. The Hall–Kier alpha value is -2.44. The number of nitrogens with zero attached hydrogens (tertiary/aromatic N) is 2. The average molecular weight is 509 g/mol. The van der Waals surface area contributed by atoms with Crippen molar-refractivity contribution in [3.05, 3.63) is 91.6 Å². The number of thiophene rings is 1. The van der Waals surface area contributed by atoms with Crippen molar-refractivity contribution in [3.8, 4) is 0 Å². The summed E-state index contributed by atoms with van der Waals surface area (Å²) in [7, 11) is 0. The van der Waals surface area contributed by atoms with Crippen molar-refractivity contribution in [2.24, 2.45) is 0 Å². The highest BCUT2D eigenvalue weighted by atomic mass is 79.9. The molecule has 2 heterocycles. The van der Waals surface area contributed by atoms with Gasteiger partial charge in [0.15, 0.2) is 0 Å². The molecule has 1 aliphatic carbocycles. The molecular formula is C26H25BrN2O2S. The van der Waals surface area contributed by atoms with Crippen LogP contribution in [0.1, 0.15) is 50.8 Å². The SMILES string of the molecule is Cc1ccc(C2c3ccsc3CCN2C(=O)CN(C(=O)c2ccccc2Br)C2CC2)cc1.